The molecule has 3 aromatic rings. The van der Waals surface area contributed by atoms with E-state index in [0.29, 0.717) is 24.0 Å². The first-order chi connectivity index (χ1) is 15.1. The summed E-state index contributed by atoms with van der Waals surface area (Å²) < 4.78 is 18.7. The number of halogens is 1. The van der Waals surface area contributed by atoms with E-state index in [1.165, 1.54) is 12.1 Å². The van der Waals surface area contributed by atoms with Crippen molar-refractivity contribution in [2.45, 2.75) is 20.0 Å². The molecular formula is C24H24FN5O. The Morgan fingerprint density at radius 2 is 1.16 bits per heavy atom. The Kier molecular flexibility index (Phi) is 6.43. The number of rotatable bonds is 6. The number of azo groups is 2. The highest BCUT2D eigenvalue weighted by atomic mass is 19.1. The van der Waals surface area contributed by atoms with Crippen LogP contribution in [0.1, 0.15) is 13.8 Å². The summed E-state index contributed by atoms with van der Waals surface area (Å²) in [5, 5.41) is 16.8. The highest BCUT2D eigenvalue weighted by Gasteiger charge is 2.25. The summed E-state index contributed by atoms with van der Waals surface area (Å²) in [4.78, 5) is 2.23. The first-order valence-electron chi connectivity index (χ1n) is 10.2. The lowest BCUT2D eigenvalue weighted by molar-refractivity contribution is 0.0818. The van der Waals surface area contributed by atoms with Gasteiger partial charge in [0, 0.05) is 12.2 Å². The van der Waals surface area contributed by atoms with Crippen LogP contribution in [0.25, 0.3) is 0 Å². The Bertz CT molecular complexity index is 1050. The lowest BCUT2D eigenvalue weighted by Crippen LogP contribution is -2.24. The predicted octanol–water partition coefficient (Wildman–Crippen LogP) is 7.48. The molecule has 158 valence electrons. The number of nitrogens with zero attached hydrogens (tertiary/aromatic N) is 5. The number of benzene rings is 3. The van der Waals surface area contributed by atoms with Gasteiger partial charge >= 0.3 is 0 Å². The third-order valence-corrected chi connectivity index (χ3v) is 5.04. The molecule has 0 spiro atoms. The highest BCUT2D eigenvalue weighted by Crippen LogP contribution is 2.27. The van der Waals surface area contributed by atoms with Gasteiger partial charge in [-0.15, -0.1) is 0 Å². The maximum absolute atomic E-state index is 12.9. The van der Waals surface area contributed by atoms with Crippen LogP contribution in [0.3, 0.4) is 0 Å². The average Bonchev–Trinajstić information content (AvgIpc) is 3.29. The van der Waals surface area contributed by atoms with Crippen molar-refractivity contribution in [1.82, 2.24) is 0 Å². The maximum atomic E-state index is 12.9. The van der Waals surface area contributed by atoms with Crippen molar-refractivity contribution in [3.63, 3.8) is 0 Å². The van der Waals surface area contributed by atoms with E-state index in [9.17, 15) is 4.39 Å². The van der Waals surface area contributed by atoms with Crippen molar-refractivity contribution in [3.05, 3.63) is 78.6 Å². The van der Waals surface area contributed by atoms with Gasteiger partial charge in [0.05, 0.1) is 28.9 Å². The molecule has 0 N–H and O–H groups in total. The van der Waals surface area contributed by atoms with Crippen LogP contribution in [-0.2, 0) is 4.74 Å². The molecule has 0 aliphatic carbocycles. The van der Waals surface area contributed by atoms with E-state index >= 15 is 0 Å². The fourth-order valence-electron chi connectivity index (χ4n) is 3.15. The zero-order valence-corrected chi connectivity index (χ0v) is 17.5. The van der Waals surface area contributed by atoms with Crippen LogP contribution in [0.15, 0.2) is 93.3 Å². The SMILES string of the molecule is CC(C)C1CN(c2ccc(N=Nc3ccc(N=Nc4ccc(F)cc4)cc3)cc2)CO1. The molecule has 3 aromatic carbocycles. The van der Waals surface area contributed by atoms with E-state index in [2.05, 4.69) is 39.2 Å². The third-order valence-electron chi connectivity index (χ3n) is 5.04. The van der Waals surface area contributed by atoms with E-state index in [1.54, 1.807) is 12.1 Å². The zero-order chi connectivity index (χ0) is 21.6. The second-order valence-electron chi connectivity index (χ2n) is 7.71. The quantitative estimate of drug-likeness (QED) is 0.390. The topological polar surface area (TPSA) is 61.9 Å². The molecule has 0 saturated carbocycles. The standard InChI is InChI=1S/C24H24FN5O/c1-17(2)24-15-30(16-31-24)23-13-11-22(12-14-23)29-28-21-9-7-20(8-10-21)27-26-19-5-3-18(25)4-6-19/h3-14,17,24H,15-16H2,1-2H3. The largest absolute Gasteiger partial charge is 0.356 e. The van der Waals surface area contributed by atoms with Crippen molar-refractivity contribution in [2.24, 2.45) is 26.4 Å². The van der Waals surface area contributed by atoms with Crippen LogP contribution >= 0.6 is 0 Å². The van der Waals surface area contributed by atoms with E-state index in [-0.39, 0.29) is 11.9 Å². The smallest absolute Gasteiger partial charge is 0.123 e. The summed E-state index contributed by atoms with van der Waals surface area (Å²) in [6, 6.07) is 21.1. The van der Waals surface area contributed by atoms with Gasteiger partial charge in [0.15, 0.2) is 0 Å². The molecule has 7 heteroatoms. The normalized spacial score (nSPS) is 16.8. The van der Waals surface area contributed by atoms with Crippen LogP contribution in [0.2, 0.25) is 0 Å². The number of hydrogen-bond donors (Lipinski definition) is 0. The van der Waals surface area contributed by atoms with Crippen molar-refractivity contribution >= 4 is 28.4 Å². The minimum atomic E-state index is -0.298. The van der Waals surface area contributed by atoms with Crippen molar-refractivity contribution in [1.29, 1.82) is 0 Å². The molecule has 1 aliphatic heterocycles. The Morgan fingerprint density at radius 1 is 0.742 bits per heavy atom. The van der Waals surface area contributed by atoms with Crippen molar-refractivity contribution in [2.75, 3.05) is 18.2 Å². The Hall–Kier alpha value is -3.45. The maximum Gasteiger partial charge on any atom is 0.123 e. The van der Waals surface area contributed by atoms with Gasteiger partial charge in [0.2, 0.25) is 0 Å². The molecule has 6 nitrogen and oxygen atoms in total. The van der Waals surface area contributed by atoms with Gasteiger partial charge in [0.1, 0.15) is 12.5 Å². The molecule has 0 radical (unpaired) electrons. The lowest BCUT2D eigenvalue weighted by atomic mass is 10.1. The molecule has 0 aromatic heterocycles. The summed E-state index contributed by atoms with van der Waals surface area (Å²) in [6.45, 7) is 5.88. The Balaban J connectivity index is 1.34. The van der Waals surface area contributed by atoms with Gasteiger partial charge in [-0.3, -0.25) is 0 Å². The second kappa shape index (κ2) is 9.57. The summed E-state index contributed by atoms with van der Waals surface area (Å²) in [6.07, 6.45) is 0.276. The van der Waals surface area contributed by atoms with Gasteiger partial charge in [-0.25, -0.2) is 4.39 Å². The third kappa shape index (κ3) is 5.58. The van der Waals surface area contributed by atoms with Gasteiger partial charge in [-0.05, 0) is 78.7 Å². The first-order valence-corrected chi connectivity index (χ1v) is 10.2. The summed E-state index contributed by atoms with van der Waals surface area (Å²) in [5.74, 6) is 0.210. The van der Waals surface area contributed by atoms with E-state index in [0.717, 1.165) is 23.6 Å². The lowest BCUT2D eigenvalue weighted by Gasteiger charge is -2.17. The molecule has 0 amide bonds. The number of anilines is 1. The number of ether oxygens (including phenoxy) is 1. The molecule has 1 atom stereocenters. The van der Waals surface area contributed by atoms with Crippen LogP contribution < -0.4 is 4.90 Å². The van der Waals surface area contributed by atoms with Crippen LogP contribution in [-0.4, -0.2) is 19.4 Å². The van der Waals surface area contributed by atoms with Gasteiger partial charge < -0.3 is 9.64 Å². The van der Waals surface area contributed by atoms with Gasteiger partial charge in [0.25, 0.3) is 0 Å². The fourth-order valence-corrected chi connectivity index (χ4v) is 3.15. The molecule has 1 heterocycles. The van der Waals surface area contributed by atoms with Gasteiger partial charge in [-0.1, -0.05) is 13.8 Å². The average molecular weight is 417 g/mol. The summed E-state index contributed by atoms with van der Waals surface area (Å²) in [7, 11) is 0. The van der Waals surface area contributed by atoms with Gasteiger partial charge in [-0.2, -0.15) is 20.5 Å². The monoisotopic (exact) mass is 417 g/mol. The molecule has 0 bridgehead atoms. The van der Waals surface area contributed by atoms with Crippen LogP contribution in [0.4, 0.5) is 32.8 Å². The van der Waals surface area contributed by atoms with Crippen molar-refractivity contribution < 1.29 is 9.13 Å². The Morgan fingerprint density at radius 3 is 1.58 bits per heavy atom. The van der Waals surface area contributed by atoms with Crippen molar-refractivity contribution in [3.8, 4) is 0 Å². The molecule has 1 unspecified atom stereocenters. The second-order valence-corrected chi connectivity index (χ2v) is 7.71. The van der Waals surface area contributed by atoms with Crippen LogP contribution in [0.5, 0.6) is 0 Å². The predicted molar refractivity (Wildman–Crippen MR) is 120 cm³/mol. The molecule has 1 saturated heterocycles. The Labute approximate surface area is 181 Å². The molecular weight excluding hydrogens is 393 g/mol. The summed E-state index contributed by atoms with van der Waals surface area (Å²) >= 11 is 0. The zero-order valence-electron chi connectivity index (χ0n) is 17.5. The van der Waals surface area contributed by atoms with E-state index < -0.39 is 0 Å². The molecule has 1 aliphatic rings. The first kappa shape index (κ1) is 20.8. The van der Waals surface area contributed by atoms with E-state index in [1.807, 2.05) is 48.5 Å². The highest BCUT2D eigenvalue weighted by molar-refractivity contribution is 5.53. The number of hydrogen-bond acceptors (Lipinski definition) is 6. The van der Waals surface area contributed by atoms with Crippen LogP contribution in [0, 0.1) is 11.7 Å². The molecule has 1 fully saturated rings. The van der Waals surface area contributed by atoms with E-state index in [4.69, 9.17) is 4.74 Å². The summed E-state index contributed by atoms with van der Waals surface area (Å²) in [5.41, 5.74) is 3.90. The molecule has 4 rings (SSSR count). The fraction of sp³-hybridized carbons (Fsp3) is 0.250. The molecule has 31 heavy (non-hydrogen) atoms. The minimum absolute atomic E-state index is 0.276. The minimum Gasteiger partial charge on any atom is -0.356 e.